The van der Waals surface area contributed by atoms with Crippen LogP contribution < -0.4 is 5.73 Å². The Balaban J connectivity index is 2.42. The monoisotopic (exact) mass is 301 g/mol. The summed E-state index contributed by atoms with van der Waals surface area (Å²) in [5.41, 5.74) is 8.43. The molecule has 0 aromatic carbocycles. The number of nitrogens with zero attached hydrogens (tertiary/aromatic N) is 2. The van der Waals surface area contributed by atoms with Crippen LogP contribution in [0.15, 0.2) is 4.47 Å². The van der Waals surface area contributed by atoms with E-state index in [4.69, 9.17) is 5.73 Å². The Labute approximate surface area is 113 Å². The predicted molar refractivity (Wildman–Crippen MR) is 76.1 cm³/mol. The van der Waals surface area contributed by atoms with Crippen molar-refractivity contribution >= 4 is 15.9 Å². The number of halogens is 1. The number of aromatic nitrogens is 2. The molecule has 0 aliphatic carbocycles. The van der Waals surface area contributed by atoms with Gasteiger partial charge in [-0.15, -0.1) is 0 Å². The van der Waals surface area contributed by atoms with Gasteiger partial charge < -0.3 is 5.73 Å². The molecule has 98 valence electrons. The number of hydrogen-bond acceptors (Lipinski definition) is 2. The lowest BCUT2D eigenvalue weighted by Gasteiger charge is -2.12. The van der Waals surface area contributed by atoms with Crippen LogP contribution in [-0.2, 0) is 13.5 Å². The minimum atomic E-state index is 0.248. The van der Waals surface area contributed by atoms with Crippen LogP contribution in [0.25, 0.3) is 0 Å². The largest absolute Gasteiger partial charge is 0.327 e. The Morgan fingerprint density at radius 3 is 2.59 bits per heavy atom. The highest BCUT2D eigenvalue weighted by atomic mass is 79.9. The molecule has 1 aromatic heterocycles. The number of rotatable bonds is 7. The fraction of sp³-hybridized carbons (Fsp3) is 0.769. The van der Waals surface area contributed by atoms with Crippen LogP contribution >= 0.6 is 15.9 Å². The smallest absolute Gasteiger partial charge is 0.0738 e. The van der Waals surface area contributed by atoms with E-state index in [1.807, 2.05) is 18.7 Å². The second-order valence-electron chi connectivity index (χ2n) is 4.78. The Kier molecular flexibility index (Phi) is 6.20. The summed E-state index contributed by atoms with van der Waals surface area (Å²) in [6, 6.07) is 0.248. The molecule has 0 aliphatic rings. The van der Waals surface area contributed by atoms with Gasteiger partial charge in [0.1, 0.15) is 0 Å². The summed E-state index contributed by atoms with van der Waals surface area (Å²) in [5.74, 6) is 0. The molecular formula is C13H24BrN3. The zero-order valence-corrected chi connectivity index (χ0v) is 12.8. The molecule has 3 nitrogen and oxygen atoms in total. The molecule has 1 unspecified atom stereocenters. The maximum Gasteiger partial charge on any atom is 0.0738 e. The fourth-order valence-corrected chi connectivity index (χ4v) is 2.58. The number of hydrogen-bond donors (Lipinski definition) is 1. The molecule has 0 aliphatic heterocycles. The number of aryl methyl sites for hydroxylation is 2. The van der Waals surface area contributed by atoms with Crippen molar-refractivity contribution in [1.82, 2.24) is 9.78 Å². The SMILES string of the molecule is CCCCCCC(N)Cc1c(Br)c(C)nn1C. The topological polar surface area (TPSA) is 43.8 Å². The average Bonchev–Trinajstić information content (AvgIpc) is 2.52. The lowest BCUT2D eigenvalue weighted by Crippen LogP contribution is -2.24. The van der Waals surface area contributed by atoms with Gasteiger partial charge in [0, 0.05) is 19.5 Å². The molecular weight excluding hydrogens is 278 g/mol. The first-order chi connectivity index (χ1) is 8.06. The van der Waals surface area contributed by atoms with Gasteiger partial charge in [-0.1, -0.05) is 32.6 Å². The third-order valence-electron chi connectivity index (χ3n) is 3.15. The lowest BCUT2D eigenvalue weighted by atomic mass is 10.0. The van der Waals surface area contributed by atoms with Gasteiger partial charge in [-0.25, -0.2) is 0 Å². The van der Waals surface area contributed by atoms with Crippen LogP contribution in [0.4, 0.5) is 0 Å². The molecule has 1 heterocycles. The van der Waals surface area contributed by atoms with E-state index in [1.165, 1.54) is 31.4 Å². The van der Waals surface area contributed by atoms with Crippen molar-refractivity contribution in [3.63, 3.8) is 0 Å². The van der Waals surface area contributed by atoms with E-state index in [-0.39, 0.29) is 6.04 Å². The van der Waals surface area contributed by atoms with Crippen LogP contribution in [0.3, 0.4) is 0 Å². The molecule has 1 rings (SSSR count). The Morgan fingerprint density at radius 1 is 1.35 bits per heavy atom. The molecule has 0 radical (unpaired) electrons. The highest BCUT2D eigenvalue weighted by Gasteiger charge is 2.13. The second-order valence-corrected chi connectivity index (χ2v) is 5.58. The third kappa shape index (κ3) is 4.43. The van der Waals surface area contributed by atoms with E-state index in [0.29, 0.717) is 0 Å². The average molecular weight is 302 g/mol. The standard InChI is InChI=1S/C13H24BrN3/c1-4-5-6-7-8-11(15)9-12-13(14)10(2)16-17(12)3/h11H,4-9,15H2,1-3H3. The van der Waals surface area contributed by atoms with Crippen LogP contribution in [0.2, 0.25) is 0 Å². The maximum atomic E-state index is 6.17. The number of unbranched alkanes of at least 4 members (excludes halogenated alkanes) is 3. The van der Waals surface area contributed by atoms with Crippen LogP contribution in [0, 0.1) is 6.92 Å². The summed E-state index contributed by atoms with van der Waals surface area (Å²) in [5, 5.41) is 4.39. The van der Waals surface area contributed by atoms with Gasteiger partial charge in [0.2, 0.25) is 0 Å². The molecule has 0 spiro atoms. The highest BCUT2D eigenvalue weighted by Crippen LogP contribution is 2.22. The molecule has 17 heavy (non-hydrogen) atoms. The van der Waals surface area contributed by atoms with Gasteiger partial charge in [0.25, 0.3) is 0 Å². The first-order valence-corrected chi connectivity index (χ1v) is 7.29. The van der Waals surface area contributed by atoms with Gasteiger partial charge in [0.15, 0.2) is 0 Å². The number of nitrogens with two attached hydrogens (primary N) is 1. The van der Waals surface area contributed by atoms with Gasteiger partial charge in [0.05, 0.1) is 15.9 Å². The molecule has 0 amide bonds. The molecule has 4 heteroatoms. The van der Waals surface area contributed by atoms with E-state index >= 15 is 0 Å². The third-order valence-corrected chi connectivity index (χ3v) is 4.18. The molecule has 2 N–H and O–H groups in total. The normalized spacial score (nSPS) is 13.0. The maximum absolute atomic E-state index is 6.17. The van der Waals surface area contributed by atoms with Crippen molar-refractivity contribution in [1.29, 1.82) is 0 Å². The molecule has 1 aromatic rings. The van der Waals surface area contributed by atoms with E-state index in [1.54, 1.807) is 0 Å². The van der Waals surface area contributed by atoms with Crippen molar-refractivity contribution in [3.05, 3.63) is 15.9 Å². The van der Waals surface area contributed by atoms with Gasteiger partial charge in [-0.2, -0.15) is 5.10 Å². The van der Waals surface area contributed by atoms with E-state index in [2.05, 4.69) is 28.0 Å². The van der Waals surface area contributed by atoms with Crippen molar-refractivity contribution in [2.75, 3.05) is 0 Å². The highest BCUT2D eigenvalue weighted by molar-refractivity contribution is 9.10. The first kappa shape index (κ1) is 14.7. The van der Waals surface area contributed by atoms with Gasteiger partial charge in [-0.3, -0.25) is 4.68 Å². The molecule has 0 bridgehead atoms. The van der Waals surface area contributed by atoms with Gasteiger partial charge >= 0.3 is 0 Å². The summed E-state index contributed by atoms with van der Waals surface area (Å²) < 4.78 is 3.05. The quantitative estimate of drug-likeness (QED) is 0.785. The zero-order chi connectivity index (χ0) is 12.8. The summed E-state index contributed by atoms with van der Waals surface area (Å²) in [7, 11) is 1.98. The van der Waals surface area contributed by atoms with E-state index in [0.717, 1.165) is 23.0 Å². The first-order valence-electron chi connectivity index (χ1n) is 6.49. The molecule has 0 saturated heterocycles. The Morgan fingerprint density at radius 2 is 2.06 bits per heavy atom. The summed E-state index contributed by atoms with van der Waals surface area (Å²) >= 11 is 3.58. The molecule has 0 saturated carbocycles. The summed E-state index contributed by atoms with van der Waals surface area (Å²) in [6.07, 6.45) is 7.16. The van der Waals surface area contributed by atoms with Crippen LogP contribution in [0.1, 0.15) is 50.4 Å². The fourth-order valence-electron chi connectivity index (χ4n) is 2.09. The predicted octanol–water partition coefficient (Wildman–Crippen LogP) is 3.33. The van der Waals surface area contributed by atoms with Crippen molar-refractivity contribution < 1.29 is 0 Å². The zero-order valence-electron chi connectivity index (χ0n) is 11.2. The van der Waals surface area contributed by atoms with Gasteiger partial charge in [-0.05, 0) is 29.3 Å². The minimum absolute atomic E-state index is 0.248. The van der Waals surface area contributed by atoms with E-state index < -0.39 is 0 Å². The Hall–Kier alpha value is -0.350. The van der Waals surface area contributed by atoms with Crippen molar-refractivity contribution in [2.24, 2.45) is 12.8 Å². The van der Waals surface area contributed by atoms with Crippen molar-refractivity contribution in [2.45, 2.75) is 58.4 Å². The van der Waals surface area contributed by atoms with Crippen molar-refractivity contribution in [3.8, 4) is 0 Å². The lowest BCUT2D eigenvalue weighted by molar-refractivity contribution is 0.530. The second kappa shape index (κ2) is 7.17. The summed E-state index contributed by atoms with van der Waals surface area (Å²) in [6.45, 7) is 4.25. The van der Waals surface area contributed by atoms with E-state index in [9.17, 15) is 0 Å². The summed E-state index contributed by atoms with van der Waals surface area (Å²) in [4.78, 5) is 0. The Bertz CT molecular complexity index is 347. The van der Waals surface area contributed by atoms with Crippen LogP contribution in [-0.4, -0.2) is 15.8 Å². The van der Waals surface area contributed by atoms with Crippen LogP contribution in [0.5, 0.6) is 0 Å². The minimum Gasteiger partial charge on any atom is -0.327 e. The molecule has 0 fully saturated rings. The molecule has 1 atom stereocenters.